The number of hydrogen-bond donors (Lipinski definition) is 0. The van der Waals surface area contributed by atoms with Gasteiger partial charge in [0.1, 0.15) is 19.4 Å². The van der Waals surface area contributed by atoms with Gasteiger partial charge in [-0.25, -0.2) is 0 Å². The summed E-state index contributed by atoms with van der Waals surface area (Å²) in [6.07, 6.45) is 0.986. The van der Waals surface area contributed by atoms with Gasteiger partial charge in [-0.15, -0.1) is 6.58 Å². The standard InChI is InChI=1S/C17H20BNO5/c1-13(2)9-17(12-20,14-7-5-4-6-8-14)18-19(3,10-15(21)23-18)11-16(22)24-18/h4-8,12H,1,9-11H2,2-3H3. The van der Waals surface area contributed by atoms with Crippen LogP contribution in [0.15, 0.2) is 42.5 Å². The van der Waals surface area contributed by atoms with E-state index in [2.05, 4.69) is 6.58 Å². The number of rotatable bonds is 5. The topological polar surface area (TPSA) is 69.7 Å². The summed E-state index contributed by atoms with van der Waals surface area (Å²) < 4.78 is 11.2. The number of nitrogens with zero attached hydrogens (tertiary/aromatic N) is 1. The van der Waals surface area contributed by atoms with Crippen molar-refractivity contribution < 1.29 is 28.1 Å². The second kappa shape index (κ2) is 5.31. The van der Waals surface area contributed by atoms with E-state index in [9.17, 15) is 14.4 Å². The number of fused-ring (bicyclic) bond motifs is 1. The Morgan fingerprint density at radius 2 is 1.79 bits per heavy atom. The molecule has 126 valence electrons. The van der Waals surface area contributed by atoms with Crippen molar-refractivity contribution in [1.82, 2.24) is 0 Å². The molecule has 0 radical (unpaired) electrons. The number of carbonyl (C=O) groups is 3. The number of quaternary nitrogens is 1. The summed E-state index contributed by atoms with van der Waals surface area (Å²) in [5.41, 5.74) is 1.39. The van der Waals surface area contributed by atoms with Crippen LogP contribution in [0, 0.1) is 0 Å². The van der Waals surface area contributed by atoms with Gasteiger partial charge >= 0.3 is 18.6 Å². The monoisotopic (exact) mass is 329 g/mol. The van der Waals surface area contributed by atoms with Gasteiger partial charge in [-0.05, 0) is 13.3 Å². The van der Waals surface area contributed by atoms with Crippen molar-refractivity contribution in [2.75, 3.05) is 20.1 Å². The molecule has 0 aromatic heterocycles. The van der Waals surface area contributed by atoms with Crippen LogP contribution in [0.5, 0.6) is 0 Å². The molecule has 1 aromatic rings. The average molecular weight is 329 g/mol. The molecule has 0 aliphatic carbocycles. The molecule has 0 amide bonds. The van der Waals surface area contributed by atoms with Crippen LogP contribution >= 0.6 is 0 Å². The number of benzene rings is 1. The highest BCUT2D eigenvalue weighted by Crippen LogP contribution is 2.48. The fraction of sp³-hybridized carbons (Fsp3) is 0.353. The smallest absolute Gasteiger partial charge is 0.599 e. The summed E-state index contributed by atoms with van der Waals surface area (Å²) in [4.78, 5) is 36.6. The fourth-order valence-corrected chi connectivity index (χ4v) is 4.25. The van der Waals surface area contributed by atoms with Crippen molar-refractivity contribution in [3.05, 3.63) is 48.0 Å². The molecule has 0 N–H and O–H groups in total. The summed E-state index contributed by atoms with van der Waals surface area (Å²) in [7, 11) is 1.73. The van der Waals surface area contributed by atoms with Gasteiger partial charge < -0.3 is 18.5 Å². The second-order valence-electron chi connectivity index (χ2n) is 7.11. The van der Waals surface area contributed by atoms with E-state index in [1.165, 1.54) is 0 Å². The Bertz CT molecular complexity index is 712. The molecule has 2 saturated heterocycles. The van der Waals surface area contributed by atoms with Gasteiger partial charge in [0.2, 0.25) is 0 Å². The van der Waals surface area contributed by atoms with Gasteiger partial charge in [0.15, 0.2) is 0 Å². The summed E-state index contributed by atoms with van der Waals surface area (Å²) in [6, 6.07) is 9.01. The number of carbonyl (C=O) groups excluding carboxylic acids is 3. The van der Waals surface area contributed by atoms with E-state index in [-0.39, 0.29) is 23.9 Å². The molecule has 0 spiro atoms. The molecule has 7 heteroatoms. The molecule has 3 rings (SSSR count). The second-order valence-corrected chi connectivity index (χ2v) is 7.11. The maximum atomic E-state index is 12.4. The first-order chi connectivity index (χ1) is 11.3. The van der Waals surface area contributed by atoms with Gasteiger partial charge in [0.25, 0.3) is 0 Å². The highest BCUT2D eigenvalue weighted by molar-refractivity contribution is 6.72. The molecule has 2 aliphatic heterocycles. The largest absolute Gasteiger partial charge is 0.601 e. The summed E-state index contributed by atoms with van der Waals surface area (Å²) in [5, 5.41) is -1.29. The van der Waals surface area contributed by atoms with Crippen molar-refractivity contribution in [2.24, 2.45) is 0 Å². The number of hydrogen-bond acceptors (Lipinski definition) is 5. The van der Waals surface area contributed by atoms with Crippen LogP contribution in [-0.4, -0.2) is 49.4 Å². The number of allylic oxidation sites excluding steroid dienone is 1. The lowest BCUT2D eigenvalue weighted by Gasteiger charge is -2.49. The molecule has 0 bridgehead atoms. The molecule has 0 saturated carbocycles. The van der Waals surface area contributed by atoms with Crippen LogP contribution in [0.4, 0.5) is 0 Å². The third-order valence-corrected chi connectivity index (χ3v) is 5.15. The average Bonchev–Trinajstić information content (AvgIpc) is 2.89. The summed E-state index contributed by atoms with van der Waals surface area (Å²) >= 11 is 0. The van der Waals surface area contributed by atoms with Crippen molar-refractivity contribution in [3.8, 4) is 0 Å². The Morgan fingerprint density at radius 3 is 2.25 bits per heavy atom. The fourth-order valence-electron chi connectivity index (χ4n) is 4.25. The third kappa shape index (κ3) is 2.04. The van der Waals surface area contributed by atoms with Crippen LogP contribution < -0.4 is 0 Å². The first-order valence-electron chi connectivity index (χ1n) is 7.87. The molecule has 2 fully saturated rings. The van der Waals surface area contributed by atoms with Gasteiger partial charge in [-0.2, -0.15) is 0 Å². The Hall–Kier alpha value is -2.41. The van der Waals surface area contributed by atoms with Gasteiger partial charge in [-0.3, -0.25) is 9.59 Å². The molecule has 24 heavy (non-hydrogen) atoms. The van der Waals surface area contributed by atoms with Crippen molar-refractivity contribution in [1.29, 1.82) is 0 Å². The van der Waals surface area contributed by atoms with Crippen molar-refractivity contribution in [2.45, 2.75) is 18.7 Å². The summed E-state index contributed by atoms with van der Waals surface area (Å²) in [6.45, 7) is 3.16. The van der Waals surface area contributed by atoms with Crippen LogP contribution in [0.3, 0.4) is 0 Å². The lowest BCUT2D eigenvalue weighted by Crippen LogP contribution is -2.72. The third-order valence-electron chi connectivity index (χ3n) is 5.15. The first-order valence-corrected chi connectivity index (χ1v) is 7.87. The van der Waals surface area contributed by atoms with E-state index in [1.807, 2.05) is 6.07 Å². The van der Waals surface area contributed by atoms with E-state index in [0.717, 1.165) is 11.9 Å². The molecule has 1 unspecified atom stereocenters. The van der Waals surface area contributed by atoms with Crippen LogP contribution in [-0.2, 0) is 29.0 Å². The lowest BCUT2D eigenvalue weighted by atomic mass is 9.41. The predicted molar refractivity (Wildman–Crippen MR) is 87.5 cm³/mol. The predicted octanol–water partition coefficient (Wildman–Crippen LogP) is 1.13. The molecular formula is C17H20BNO5. The van der Waals surface area contributed by atoms with Gasteiger partial charge in [0.05, 0.1) is 5.31 Å². The molecule has 1 aromatic carbocycles. The maximum absolute atomic E-state index is 12.4. The minimum absolute atomic E-state index is 0.00432. The molecule has 1 atom stereocenters. The minimum Gasteiger partial charge on any atom is -0.599 e. The zero-order chi connectivity index (χ0) is 17.6. The minimum atomic E-state index is -2.57. The van der Waals surface area contributed by atoms with Gasteiger partial charge in [0, 0.05) is 7.05 Å². The van der Waals surface area contributed by atoms with E-state index in [0.29, 0.717) is 5.56 Å². The summed E-state index contributed by atoms with van der Waals surface area (Å²) in [5.74, 6) is -0.928. The van der Waals surface area contributed by atoms with Crippen molar-refractivity contribution >= 4 is 24.9 Å². The van der Waals surface area contributed by atoms with E-state index >= 15 is 0 Å². The Labute approximate surface area is 140 Å². The SMILES string of the molecule is C=C(C)CC(C=O)(c1ccccc1)[B-]12OC(=O)C[N+]1(C)CC(=O)O2. The normalized spacial score (nSPS) is 30.9. The Kier molecular flexibility index (Phi) is 3.64. The van der Waals surface area contributed by atoms with Crippen LogP contribution in [0.2, 0.25) is 0 Å². The van der Waals surface area contributed by atoms with Gasteiger partial charge in [-0.1, -0.05) is 41.5 Å². The molecule has 2 aliphatic rings. The maximum Gasteiger partial charge on any atom is 0.601 e. The highest BCUT2D eigenvalue weighted by Gasteiger charge is 2.75. The van der Waals surface area contributed by atoms with E-state index < -0.39 is 23.9 Å². The van der Waals surface area contributed by atoms with E-state index in [1.54, 1.807) is 38.2 Å². The van der Waals surface area contributed by atoms with Crippen LogP contribution in [0.25, 0.3) is 0 Å². The lowest BCUT2D eigenvalue weighted by molar-refractivity contribution is -0.795. The Balaban J connectivity index is 2.28. The molecular weight excluding hydrogens is 309 g/mol. The Morgan fingerprint density at radius 1 is 1.25 bits per heavy atom. The van der Waals surface area contributed by atoms with E-state index in [4.69, 9.17) is 9.31 Å². The quantitative estimate of drug-likeness (QED) is 0.460. The molecule has 6 nitrogen and oxygen atoms in total. The number of aldehydes is 1. The van der Waals surface area contributed by atoms with Crippen molar-refractivity contribution in [3.63, 3.8) is 0 Å². The number of likely N-dealkylation sites (N-methyl/N-ethyl adjacent to an activating group) is 1. The molecule has 2 heterocycles. The zero-order valence-corrected chi connectivity index (χ0v) is 13.9. The first kappa shape index (κ1) is 16.5. The zero-order valence-electron chi connectivity index (χ0n) is 13.9. The highest BCUT2D eigenvalue weighted by atomic mass is 16.7. The van der Waals surface area contributed by atoms with Crippen LogP contribution in [0.1, 0.15) is 18.9 Å².